The summed E-state index contributed by atoms with van der Waals surface area (Å²) in [4.78, 5) is 41.1. The molecule has 35 heavy (non-hydrogen) atoms. The third-order valence-corrected chi connectivity index (χ3v) is 7.07. The fourth-order valence-electron chi connectivity index (χ4n) is 5.14. The molecule has 1 fully saturated rings. The minimum absolute atomic E-state index is 0.000981. The van der Waals surface area contributed by atoms with E-state index in [-0.39, 0.29) is 37.4 Å². The van der Waals surface area contributed by atoms with Crippen LogP contribution in [-0.2, 0) is 14.3 Å². The maximum atomic E-state index is 13.3. The van der Waals surface area contributed by atoms with Crippen LogP contribution in [0.1, 0.15) is 30.4 Å². The van der Waals surface area contributed by atoms with Crippen LogP contribution < -0.4 is 5.32 Å². The number of nitrogens with one attached hydrogen (secondary N) is 1. The van der Waals surface area contributed by atoms with E-state index in [9.17, 15) is 19.5 Å². The van der Waals surface area contributed by atoms with Gasteiger partial charge in [-0.3, -0.25) is 9.59 Å². The number of ether oxygens (including phenoxy) is 1. The number of aliphatic carboxylic acids is 1. The zero-order valence-corrected chi connectivity index (χ0v) is 20.4. The lowest BCUT2D eigenvalue weighted by atomic mass is 9.87. The smallest absolute Gasteiger partial charge is 0.407 e. The molecule has 3 unspecified atom stereocenters. The molecule has 2 amide bonds. The number of rotatable bonds is 7. The van der Waals surface area contributed by atoms with Crippen LogP contribution in [0.25, 0.3) is 11.1 Å². The Morgan fingerprint density at radius 3 is 2.26 bits per heavy atom. The van der Waals surface area contributed by atoms with Gasteiger partial charge in [0.15, 0.2) is 0 Å². The zero-order chi connectivity index (χ0) is 25.1. The third-order valence-electron chi connectivity index (χ3n) is 7.07. The number of hydrogen-bond donors (Lipinski definition) is 2. The van der Waals surface area contributed by atoms with E-state index in [0.29, 0.717) is 13.0 Å². The lowest BCUT2D eigenvalue weighted by Crippen LogP contribution is -2.56. The van der Waals surface area contributed by atoms with E-state index in [1.807, 2.05) is 50.2 Å². The molecule has 2 N–H and O–H groups in total. The number of likely N-dealkylation sites (tertiary alicyclic amines) is 1. The Bertz CT molecular complexity index is 1060. The van der Waals surface area contributed by atoms with Crippen molar-refractivity contribution in [1.82, 2.24) is 15.1 Å². The highest BCUT2D eigenvalue weighted by Crippen LogP contribution is 2.44. The second-order valence-electron chi connectivity index (χ2n) is 9.78. The number of carboxylic acids is 1. The van der Waals surface area contributed by atoms with Gasteiger partial charge in [-0.05, 0) is 48.7 Å². The van der Waals surface area contributed by atoms with E-state index >= 15 is 0 Å². The van der Waals surface area contributed by atoms with Crippen molar-refractivity contribution >= 4 is 18.0 Å². The lowest BCUT2D eigenvalue weighted by molar-refractivity contribution is -0.148. The van der Waals surface area contributed by atoms with Crippen molar-refractivity contribution in [2.75, 3.05) is 40.3 Å². The predicted molar refractivity (Wildman–Crippen MR) is 132 cm³/mol. The molecule has 1 aliphatic heterocycles. The first-order valence-electron chi connectivity index (χ1n) is 12.0. The number of carboxylic acid groups (broad SMARTS) is 1. The first-order chi connectivity index (χ1) is 16.8. The number of carbonyl (C=O) groups is 3. The van der Waals surface area contributed by atoms with Crippen molar-refractivity contribution in [2.24, 2.45) is 11.8 Å². The molecule has 2 aromatic carbocycles. The van der Waals surface area contributed by atoms with Crippen molar-refractivity contribution in [1.29, 1.82) is 0 Å². The molecule has 1 saturated heterocycles. The Hall–Kier alpha value is -3.39. The highest BCUT2D eigenvalue weighted by atomic mass is 16.5. The average molecular weight is 480 g/mol. The summed E-state index contributed by atoms with van der Waals surface area (Å²) < 4.78 is 5.63. The van der Waals surface area contributed by atoms with Crippen molar-refractivity contribution in [3.8, 4) is 11.1 Å². The first-order valence-corrected chi connectivity index (χ1v) is 12.0. The van der Waals surface area contributed by atoms with Gasteiger partial charge in [0.1, 0.15) is 12.6 Å². The van der Waals surface area contributed by atoms with E-state index in [0.717, 1.165) is 22.3 Å². The van der Waals surface area contributed by atoms with Crippen molar-refractivity contribution in [2.45, 2.75) is 25.3 Å². The van der Waals surface area contributed by atoms with Gasteiger partial charge in [-0.25, -0.2) is 4.79 Å². The highest BCUT2D eigenvalue weighted by Gasteiger charge is 2.37. The van der Waals surface area contributed by atoms with Crippen LogP contribution in [0, 0.1) is 11.8 Å². The van der Waals surface area contributed by atoms with Crippen molar-refractivity contribution in [3.63, 3.8) is 0 Å². The molecule has 0 radical (unpaired) electrons. The molecule has 3 atom stereocenters. The van der Waals surface area contributed by atoms with Gasteiger partial charge < -0.3 is 25.0 Å². The highest BCUT2D eigenvalue weighted by molar-refractivity contribution is 5.87. The van der Waals surface area contributed by atoms with Gasteiger partial charge in [0.05, 0.1) is 5.92 Å². The maximum Gasteiger partial charge on any atom is 0.407 e. The summed E-state index contributed by atoms with van der Waals surface area (Å²) in [5.41, 5.74) is 4.52. The number of fused-ring (bicyclic) bond motifs is 3. The van der Waals surface area contributed by atoms with Gasteiger partial charge in [0, 0.05) is 25.6 Å². The molecule has 1 heterocycles. The molecule has 8 nitrogen and oxygen atoms in total. The van der Waals surface area contributed by atoms with Crippen molar-refractivity contribution in [3.05, 3.63) is 59.7 Å². The van der Waals surface area contributed by atoms with Crippen LogP contribution in [-0.4, -0.2) is 79.3 Å². The number of likely N-dealkylation sites (N-methyl/N-ethyl adjacent to an activating group) is 1. The van der Waals surface area contributed by atoms with E-state index in [1.54, 1.807) is 4.90 Å². The van der Waals surface area contributed by atoms with E-state index in [4.69, 9.17) is 4.74 Å². The van der Waals surface area contributed by atoms with Gasteiger partial charge >= 0.3 is 12.1 Å². The molecular weight excluding hydrogens is 446 g/mol. The molecule has 0 spiro atoms. The summed E-state index contributed by atoms with van der Waals surface area (Å²) in [6.07, 6.45) is -0.0465. The molecule has 0 bridgehead atoms. The molecule has 2 aliphatic rings. The first kappa shape index (κ1) is 24.7. The van der Waals surface area contributed by atoms with E-state index in [2.05, 4.69) is 29.6 Å². The summed E-state index contributed by atoms with van der Waals surface area (Å²) >= 11 is 0. The number of amides is 2. The predicted octanol–water partition coefficient (Wildman–Crippen LogP) is 3.02. The second kappa shape index (κ2) is 10.5. The summed E-state index contributed by atoms with van der Waals surface area (Å²) in [5.74, 6) is -1.87. The Morgan fingerprint density at radius 2 is 1.69 bits per heavy atom. The molecule has 1 aliphatic carbocycles. The van der Waals surface area contributed by atoms with Gasteiger partial charge in [-0.2, -0.15) is 0 Å². The Morgan fingerprint density at radius 1 is 1.09 bits per heavy atom. The molecule has 0 saturated carbocycles. The molecule has 186 valence electrons. The minimum atomic E-state index is -0.899. The SMILES string of the molecule is CC1CCN(C(=O)C(CN(C)C)NC(=O)OCC2c3ccccc3-c3ccccc32)CC1C(=O)O. The number of benzene rings is 2. The van der Waals surface area contributed by atoms with Crippen molar-refractivity contribution < 1.29 is 24.2 Å². The number of piperidine rings is 1. The van der Waals surface area contributed by atoms with E-state index < -0.39 is 24.0 Å². The van der Waals surface area contributed by atoms with E-state index in [1.165, 1.54) is 0 Å². The van der Waals surface area contributed by atoms with Crippen LogP contribution >= 0.6 is 0 Å². The van der Waals surface area contributed by atoms with Crippen LogP contribution in [0.15, 0.2) is 48.5 Å². The van der Waals surface area contributed by atoms with Gasteiger partial charge in [0.2, 0.25) is 5.91 Å². The molecule has 8 heteroatoms. The number of hydrogen-bond acceptors (Lipinski definition) is 5. The molecule has 0 aromatic heterocycles. The van der Waals surface area contributed by atoms with Gasteiger partial charge in [-0.15, -0.1) is 0 Å². The quantitative estimate of drug-likeness (QED) is 0.633. The largest absolute Gasteiger partial charge is 0.481 e. The summed E-state index contributed by atoms with van der Waals surface area (Å²) in [6.45, 7) is 2.95. The number of nitrogens with zero attached hydrogens (tertiary/aromatic N) is 2. The molecule has 2 aromatic rings. The second-order valence-corrected chi connectivity index (χ2v) is 9.78. The Kier molecular flexibility index (Phi) is 7.40. The summed E-state index contributed by atoms with van der Waals surface area (Å²) in [5, 5.41) is 12.2. The lowest BCUT2D eigenvalue weighted by Gasteiger charge is -2.37. The maximum absolute atomic E-state index is 13.3. The normalized spacial score (nSPS) is 20.2. The fraction of sp³-hybridized carbons (Fsp3) is 0.444. The standard InChI is InChI=1S/C27H33N3O5/c1-17-12-13-30(14-22(17)26(32)33)25(31)24(15-29(2)3)28-27(34)35-16-23-20-10-6-4-8-18(20)19-9-5-7-11-21(19)23/h4-11,17,22-24H,12-16H2,1-3H3,(H,28,34)(H,32,33). The third kappa shape index (κ3) is 5.32. The van der Waals surface area contributed by atoms with Gasteiger partial charge in [-0.1, -0.05) is 55.5 Å². The number of carbonyl (C=O) groups excluding carboxylic acids is 2. The number of alkyl carbamates (subject to hydrolysis) is 1. The molecule has 4 rings (SSSR count). The average Bonchev–Trinajstić information content (AvgIpc) is 3.15. The topological polar surface area (TPSA) is 99.2 Å². The van der Waals surface area contributed by atoms with Crippen LogP contribution in [0.5, 0.6) is 0 Å². The summed E-state index contributed by atoms with van der Waals surface area (Å²) in [7, 11) is 3.63. The molecular formula is C27H33N3O5. The van der Waals surface area contributed by atoms with Gasteiger partial charge in [0.25, 0.3) is 0 Å². The monoisotopic (exact) mass is 479 g/mol. The fourth-order valence-corrected chi connectivity index (χ4v) is 5.14. The Labute approximate surface area is 205 Å². The van der Waals surface area contributed by atoms with Crippen LogP contribution in [0.3, 0.4) is 0 Å². The minimum Gasteiger partial charge on any atom is -0.481 e. The Balaban J connectivity index is 1.42. The zero-order valence-electron chi connectivity index (χ0n) is 20.4. The summed E-state index contributed by atoms with van der Waals surface area (Å²) in [6, 6.07) is 15.4. The van der Waals surface area contributed by atoms with Crippen LogP contribution in [0.4, 0.5) is 4.79 Å². The van der Waals surface area contributed by atoms with Crippen LogP contribution in [0.2, 0.25) is 0 Å².